The van der Waals surface area contributed by atoms with Gasteiger partial charge >= 0.3 is 5.69 Å². The summed E-state index contributed by atoms with van der Waals surface area (Å²) in [5, 5.41) is 6.91. The maximum atomic E-state index is 13.4. The topological polar surface area (TPSA) is 98.9 Å². The molecule has 4 aromatic rings. The predicted molar refractivity (Wildman–Crippen MR) is 129 cm³/mol. The van der Waals surface area contributed by atoms with Crippen molar-refractivity contribution in [1.29, 1.82) is 0 Å². The maximum absolute atomic E-state index is 13.4. The van der Waals surface area contributed by atoms with E-state index in [1.54, 1.807) is 30.6 Å². The van der Waals surface area contributed by atoms with Crippen LogP contribution in [0.25, 0.3) is 5.69 Å². The second kappa shape index (κ2) is 9.66. The van der Waals surface area contributed by atoms with E-state index in [1.807, 2.05) is 57.2 Å². The minimum atomic E-state index is -0.740. The van der Waals surface area contributed by atoms with Gasteiger partial charge in [0.2, 0.25) is 5.69 Å². The number of hydrogen-bond acceptors (Lipinski definition) is 5. The van der Waals surface area contributed by atoms with Crippen LogP contribution in [-0.2, 0) is 13.1 Å². The summed E-state index contributed by atoms with van der Waals surface area (Å²) in [5.74, 6) is -0.662. The van der Waals surface area contributed by atoms with E-state index in [-0.39, 0.29) is 18.8 Å². The van der Waals surface area contributed by atoms with Crippen molar-refractivity contribution in [1.82, 2.24) is 24.6 Å². The zero-order valence-corrected chi connectivity index (χ0v) is 19.3. The third-order valence-corrected chi connectivity index (χ3v) is 5.32. The van der Waals surface area contributed by atoms with E-state index < -0.39 is 17.2 Å². The van der Waals surface area contributed by atoms with Crippen molar-refractivity contribution in [3.05, 3.63) is 121 Å². The molecule has 1 amide bonds. The summed E-state index contributed by atoms with van der Waals surface area (Å²) in [6.45, 7) is 5.95. The number of aromatic nitrogens is 4. The normalized spacial score (nSPS) is 10.8. The van der Waals surface area contributed by atoms with Crippen molar-refractivity contribution in [2.45, 2.75) is 33.9 Å². The molecule has 4 rings (SSSR count). The molecule has 8 heteroatoms. The fraction of sp³-hybridized carbons (Fsp3) is 0.192. The van der Waals surface area contributed by atoms with Crippen molar-refractivity contribution in [2.75, 3.05) is 0 Å². The van der Waals surface area contributed by atoms with Crippen LogP contribution in [0.4, 0.5) is 0 Å². The van der Waals surface area contributed by atoms with Crippen LogP contribution in [0.15, 0.2) is 76.6 Å². The van der Waals surface area contributed by atoms with Gasteiger partial charge in [-0.25, -0.2) is 4.79 Å². The quantitative estimate of drug-likeness (QED) is 0.482. The van der Waals surface area contributed by atoms with Gasteiger partial charge in [-0.2, -0.15) is 9.78 Å². The molecule has 0 saturated carbocycles. The summed E-state index contributed by atoms with van der Waals surface area (Å²) in [6, 6.07) is 16.7. The van der Waals surface area contributed by atoms with Gasteiger partial charge in [-0.05, 0) is 61.2 Å². The summed E-state index contributed by atoms with van der Waals surface area (Å²) in [6.07, 6.45) is 3.26. The highest BCUT2D eigenvalue weighted by atomic mass is 16.2. The summed E-state index contributed by atoms with van der Waals surface area (Å²) in [4.78, 5) is 43.7. The molecular formula is C26H25N5O3. The number of nitrogens with one attached hydrogen (secondary N) is 1. The van der Waals surface area contributed by atoms with E-state index in [0.717, 1.165) is 37.1 Å². The van der Waals surface area contributed by atoms with E-state index >= 15 is 0 Å². The van der Waals surface area contributed by atoms with Crippen LogP contribution in [0.3, 0.4) is 0 Å². The van der Waals surface area contributed by atoms with Crippen molar-refractivity contribution in [2.24, 2.45) is 0 Å². The molecule has 8 nitrogen and oxygen atoms in total. The SMILES string of the molecule is Cc1cccc(Cn2c(=O)c(C(=O)NCc3cccnc3)nn(-c3cc(C)cc(C)c3)c2=O)c1. The molecule has 2 heterocycles. The standard InChI is InChI=1S/C26H25N5O3/c1-17-6-4-7-20(11-17)16-30-25(33)23(24(32)28-15-21-8-5-9-27-14-21)29-31(26(30)34)22-12-18(2)10-19(3)13-22/h4-14H,15-16H2,1-3H3,(H,28,32). The van der Waals surface area contributed by atoms with Gasteiger partial charge in [-0.15, -0.1) is 0 Å². The molecular weight excluding hydrogens is 430 g/mol. The van der Waals surface area contributed by atoms with Gasteiger partial charge in [-0.3, -0.25) is 19.1 Å². The molecule has 172 valence electrons. The van der Waals surface area contributed by atoms with Crippen molar-refractivity contribution >= 4 is 5.91 Å². The highest BCUT2D eigenvalue weighted by Crippen LogP contribution is 2.11. The van der Waals surface area contributed by atoms with E-state index in [2.05, 4.69) is 15.4 Å². The average Bonchev–Trinajstić information content (AvgIpc) is 2.80. The van der Waals surface area contributed by atoms with Gasteiger partial charge in [0, 0.05) is 18.9 Å². The first-order valence-corrected chi connectivity index (χ1v) is 10.9. The molecule has 34 heavy (non-hydrogen) atoms. The Kier molecular flexibility index (Phi) is 6.49. The summed E-state index contributed by atoms with van der Waals surface area (Å²) >= 11 is 0. The Labute approximate surface area is 196 Å². The number of benzene rings is 2. The molecule has 0 bridgehead atoms. The van der Waals surface area contributed by atoms with Gasteiger partial charge in [0.25, 0.3) is 11.5 Å². The van der Waals surface area contributed by atoms with Gasteiger partial charge in [0.05, 0.1) is 12.2 Å². The number of rotatable bonds is 6. The Morgan fingerprint density at radius 3 is 2.32 bits per heavy atom. The zero-order chi connectivity index (χ0) is 24.2. The summed E-state index contributed by atoms with van der Waals surface area (Å²) < 4.78 is 2.18. The summed E-state index contributed by atoms with van der Waals surface area (Å²) in [5.41, 5.74) is 3.21. The lowest BCUT2D eigenvalue weighted by atomic mass is 10.1. The number of nitrogens with zero attached hydrogens (tertiary/aromatic N) is 4. The lowest BCUT2D eigenvalue weighted by molar-refractivity contribution is 0.0941. The van der Waals surface area contributed by atoms with Crippen LogP contribution < -0.4 is 16.6 Å². The Bertz CT molecular complexity index is 1450. The van der Waals surface area contributed by atoms with E-state index in [4.69, 9.17) is 0 Å². The van der Waals surface area contributed by atoms with Crippen molar-refractivity contribution in [3.63, 3.8) is 0 Å². The monoisotopic (exact) mass is 455 g/mol. The molecule has 2 aromatic carbocycles. The first-order chi connectivity index (χ1) is 16.3. The van der Waals surface area contributed by atoms with Crippen LogP contribution >= 0.6 is 0 Å². The lowest BCUT2D eigenvalue weighted by Gasteiger charge is -2.13. The summed E-state index contributed by atoms with van der Waals surface area (Å²) in [7, 11) is 0. The van der Waals surface area contributed by atoms with Gasteiger partial charge in [-0.1, -0.05) is 42.0 Å². The molecule has 2 aromatic heterocycles. The molecule has 0 aliphatic carbocycles. The molecule has 0 aliphatic rings. The number of hydrogen-bond donors (Lipinski definition) is 1. The lowest BCUT2D eigenvalue weighted by Crippen LogP contribution is -2.46. The molecule has 0 aliphatic heterocycles. The molecule has 1 N–H and O–H groups in total. The minimum absolute atomic E-state index is 0.0234. The Morgan fingerprint density at radius 2 is 1.65 bits per heavy atom. The number of aryl methyl sites for hydroxylation is 3. The van der Waals surface area contributed by atoms with Crippen LogP contribution in [0.1, 0.15) is 38.3 Å². The van der Waals surface area contributed by atoms with Crippen LogP contribution in [-0.4, -0.2) is 25.2 Å². The van der Waals surface area contributed by atoms with Crippen LogP contribution in [0, 0.1) is 20.8 Å². The Balaban J connectivity index is 1.82. The highest BCUT2D eigenvalue weighted by Gasteiger charge is 2.20. The fourth-order valence-corrected chi connectivity index (χ4v) is 3.80. The maximum Gasteiger partial charge on any atom is 0.352 e. The first kappa shape index (κ1) is 22.8. The molecule has 0 fully saturated rings. The van der Waals surface area contributed by atoms with Gasteiger partial charge in [0.15, 0.2) is 0 Å². The van der Waals surface area contributed by atoms with Gasteiger partial charge in [0.1, 0.15) is 0 Å². The third kappa shape index (κ3) is 5.01. The minimum Gasteiger partial charge on any atom is -0.346 e. The smallest absolute Gasteiger partial charge is 0.346 e. The zero-order valence-electron chi connectivity index (χ0n) is 19.3. The Hall–Kier alpha value is -4.33. The number of carbonyl (C=O) groups is 1. The molecule has 0 radical (unpaired) electrons. The molecule has 0 spiro atoms. The number of pyridine rings is 1. The first-order valence-electron chi connectivity index (χ1n) is 10.9. The predicted octanol–water partition coefficient (Wildman–Crippen LogP) is 2.69. The van der Waals surface area contributed by atoms with Crippen molar-refractivity contribution in [3.8, 4) is 5.69 Å². The van der Waals surface area contributed by atoms with E-state index in [0.29, 0.717) is 5.69 Å². The second-order valence-electron chi connectivity index (χ2n) is 8.31. The number of carbonyl (C=O) groups excluding carboxylic acids is 1. The van der Waals surface area contributed by atoms with Crippen molar-refractivity contribution < 1.29 is 4.79 Å². The third-order valence-electron chi connectivity index (χ3n) is 5.32. The largest absolute Gasteiger partial charge is 0.352 e. The van der Waals surface area contributed by atoms with Gasteiger partial charge < -0.3 is 5.32 Å². The molecule has 0 saturated heterocycles. The number of amides is 1. The van der Waals surface area contributed by atoms with E-state index in [9.17, 15) is 14.4 Å². The van der Waals surface area contributed by atoms with E-state index in [1.165, 1.54) is 0 Å². The highest BCUT2D eigenvalue weighted by molar-refractivity contribution is 5.91. The van der Waals surface area contributed by atoms with Crippen LogP contribution in [0.2, 0.25) is 0 Å². The second-order valence-corrected chi connectivity index (χ2v) is 8.31. The Morgan fingerprint density at radius 1 is 0.912 bits per heavy atom. The average molecular weight is 456 g/mol. The molecule has 0 unspecified atom stereocenters. The molecule has 0 atom stereocenters. The fourth-order valence-electron chi connectivity index (χ4n) is 3.80. The van der Waals surface area contributed by atoms with Crippen LogP contribution in [0.5, 0.6) is 0 Å².